The highest BCUT2D eigenvalue weighted by Crippen LogP contribution is 1.97. The lowest BCUT2D eigenvalue weighted by atomic mass is 10.1. The highest BCUT2D eigenvalue weighted by molar-refractivity contribution is 5.76. The van der Waals surface area contributed by atoms with Gasteiger partial charge in [0.1, 0.15) is 0 Å². The Balaban J connectivity index is 3.48. The van der Waals surface area contributed by atoms with Crippen LogP contribution in [-0.4, -0.2) is 43.5 Å². The van der Waals surface area contributed by atoms with Crippen LogP contribution in [0.2, 0.25) is 0 Å². The van der Waals surface area contributed by atoms with Gasteiger partial charge in [0.2, 0.25) is 5.91 Å². The fraction of sp³-hybridized carbons (Fsp3) is 0.909. The molecule has 0 aromatic carbocycles. The van der Waals surface area contributed by atoms with Crippen molar-refractivity contribution >= 4 is 5.91 Å². The van der Waals surface area contributed by atoms with E-state index in [9.17, 15) is 4.79 Å². The number of nitrogens with two attached hydrogens (primary N) is 1. The zero-order valence-corrected chi connectivity index (χ0v) is 10.3. The standard InChI is InChI=1S/C11H25N3O/c1-4-6-10(12)9-11(15)13-7-8-14(3)5-2/h10H,4-9,12H2,1-3H3,(H,13,15). The molecule has 1 amide bonds. The Hall–Kier alpha value is -0.610. The third-order valence-electron chi connectivity index (χ3n) is 2.46. The molecule has 0 heterocycles. The van der Waals surface area contributed by atoms with Crippen LogP contribution in [0.15, 0.2) is 0 Å². The normalized spacial score (nSPS) is 12.9. The lowest BCUT2D eigenvalue weighted by molar-refractivity contribution is -0.121. The minimum Gasteiger partial charge on any atom is -0.355 e. The van der Waals surface area contributed by atoms with Gasteiger partial charge in [0.15, 0.2) is 0 Å². The molecule has 0 aliphatic rings. The number of nitrogens with zero attached hydrogens (tertiary/aromatic N) is 1. The molecule has 0 aliphatic carbocycles. The first-order chi connectivity index (χ1) is 7.10. The van der Waals surface area contributed by atoms with Crippen LogP contribution in [0.4, 0.5) is 0 Å². The van der Waals surface area contributed by atoms with E-state index >= 15 is 0 Å². The van der Waals surface area contributed by atoms with Gasteiger partial charge in [-0.15, -0.1) is 0 Å². The lowest BCUT2D eigenvalue weighted by Gasteiger charge is -2.15. The summed E-state index contributed by atoms with van der Waals surface area (Å²) < 4.78 is 0. The highest BCUT2D eigenvalue weighted by atomic mass is 16.1. The van der Waals surface area contributed by atoms with E-state index in [-0.39, 0.29) is 11.9 Å². The molecule has 0 radical (unpaired) electrons. The minimum absolute atomic E-state index is 0.0129. The first kappa shape index (κ1) is 14.4. The van der Waals surface area contributed by atoms with Crippen LogP contribution in [0, 0.1) is 0 Å². The van der Waals surface area contributed by atoms with Crippen LogP contribution in [0.1, 0.15) is 33.1 Å². The van der Waals surface area contributed by atoms with E-state index in [2.05, 4.69) is 24.1 Å². The molecule has 1 unspecified atom stereocenters. The quantitative estimate of drug-likeness (QED) is 0.622. The monoisotopic (exact) mass is 215 g/mol. The molecule has 0 rings (SSSR count). The zero-order valence-electron chi connectivity index (χ0n) is 10.3. The Morgan fingerprint density at radius 3 is 2.67 bits per heavy atom. The molecule has 0 aromatic rings. The Kier molecular flexibility index (Phi) is 8.33. The summed E-state index contributed by atoms with van der Waals surface area (Å²) in [7, 11) is 2.04. The van der Waals surface area contributed by atoms with E-state index in [0.29, 0.717) is 13.0 Å². The van der Waals surface area contributed by atoms with E-state index < -0.39 is 0 Å². The summed E-state index contributed by atoms with van der Waals surface area (Å²) in [4.78, 5) is 13.5. The molecule has 4 nitrogen and oxygen atoms in total. The Morgan fingerprint density at radius 1 is 1.47 bits per heavy atom. The van der Waals surface area contributed by atoms with Crippen molar-refractivity contribution in [2.45, 2.75) is 39.2 Å². The van der Waals surface area contributed by atoms with E-state index in [1.165, 1.54) is 0 Å². The maximum Gasteiger partial charge on any atom is 0.221 e. The van der Waals surface area contributed by atoms with Crippen molar-refractivity contribution in [3.63, 3.8) is 0 Å². The summed E-state index contributed by atoms with van der Waals surface area (Å²) in [6, 6.07) is 0.0129. The molecule has 0 saturated heterocycles. The number of likely N-dealkylation sites (N-methyl/N-ethyl adjacent to an activating group) is 1. The Bertz CT molecular complexity index is 173. The van der Waals surface area contributed by atoms with E-state index in [1.807, 2.05) is 7.05 Å². The fourth-order valence-corrected chi connectivity index (χ4v) is 1.33. The van der Waals surface area contributed by atoms with Crippen molar-refractivity contribution < 1.29 is 4.79 Å². The van der Waals surface area contributed by atoms with Crippen molar-refractivity contribution in [3.05, 3.63) is 0 Å². The van der Waals surface area contributed by atoms with Crippen LogP contribution in [0.25, 0.3) is 0 Å². The van der Waals surface area contributed by atoms with Crippen LogP contribution < -0.4 is 11.1 Å². The largest absolute Gasteiger partial charge is 0.355 e. The van der Waals surface area contributed by atoms with Gasteiger partial charge in [-0.2, -0.15) is 0 Å². The Labute approximate surface area is 93.2 Å². The average Bonchev–Trinajstić information content (AvgIpc) is 2.17. The number of nitrogens with one attached hydrogen (secondary N) is 1. The molecule has 90 valence electrons. The third-order valence-corrected chi connectivity index (χ3v) is 2.46. The molecule has 1 atom stereocenters. The first-order valence-electron chi connectivity index (χ1n) is 5.80. The maximum atomic E-state index is 11.4. The van der Waals surface area contributed by atoms with Gasteiger partial charge in [0, 0.05) is 25.6 Å². The lowest BCUT2D eigenvalue weighted by Crippen LogP contribution is -2.36. The molecule has 0 fully saturated rings. The minimum atomic E-state index is 0.0129. The molecule has 0 aromatic heterocycles. The van der Waals surface area contributed by atoms with Crippen LogP contribution in [-0.2, 0) is 4.79 Å². The van der Waals surface area contributed by atoms with Gasteiger partial charge in [0.25, 0.3) is 0 Å². The number of hydrogen-bond donors (Lipinski definition) is 2. The van der Waals surface area contributed by atoms with Crippen molar-refractivity contribution in [2.75, 3.05) is 26.7 Å². The molecule has 0 spiro atoms. The summed E-state index contributed by atoms with van der Waals surface area (Å²) in [6.07, 6.45) is 2.40. The van der Waals surface area contributed by atoms with Gasteiger partial charge in [-0.1, -0.05) is 20.3 Å². The van der Waals surface area contributed by atoms with Crippen LogP contribution >= 0.6 is 0 Å². The molecular weight excluding hydrogens is 190 g/mol. The Morgan fingerprint density at radius 2 is 2.13 bits per heavy atom. The van der Waals surface area contributed by atoms with Crippen molar-refractivity contribution in [2.24, 2.45) is 5.73 Å². The van der Waals surface area contributed by atoms with Gasteiger partial charge in [-0.25, -0.2) is 0 Å². The van der Waals surface area contributed by atoms with Gasteiger partial charge >= 0.3 is 0 Å². The van der Waals surface area contributed by atoms with E-state index in [1.54, 1.807) is 0 Å². The second-order valence-electron chi connectivity index (χ2n) is 4.00. The topological polar surface area (TPSA) is 58.4 Å². The molecular formula is C11H25N3O. The summed E-state index contributed by atoms with van der Waals surface area (Å²) >= 11 is 0. The number of carbonyl (C=O) groups is 1. The van der Waals surface area contributed by atoms with Crippen molar-refractivity contribution in [1.29, 1.82) is 0 Å². The second-order valence-corrected chi connectivity index (χ2v) is 4.00. The van der Waals surface area contributed by atoms with Crippen LogP contribution in [0.5, 0.6) is 0 Å². The SMILES string of the molecule is CCCC(N)CC(=O)NCCN(C)CC. The third kappa shape index (κ3) is 8.39. The van der Waals surface area contributed by atoms with Gasteiger partial charge < -0.3 is 16.0 Å². The summed E-state index contributed by atoms with van der Waals surface area (Å²) in [5.74, 6) is 0.0699. The molecule has 3 N–H and O–H groups in total. The summed E-state index contributed by atoms with van der Waals surface area (Å²) in [5, 5.41) is 2.88. The van der Waals surface area contributed by atoms with Crippen LogP contribution in [0.3, 0.4) is 0 Å². The molecule has 4 heteroatoms. The highest BCUT2D eigenvalue weighted by Gasteiger charge is 2.07. The van der Waals surface area contributed by atoms with Gasteiger partial charge in [0.05, 0.1) is 0 Å². The molecule has 15 heavy (non-hydrogen) atoms. The number of carbonyl (C=O) groups excluding carboxylic acids is 1. The predicted molar refractivity (Wildman–Crippen MR) is 63.7 cm³/mol. The predicted octanol–water partition coefficient (Wildman–Crippen LogP) is 0.572. The second kappa shape index (κ2) is 8.68. The summed E-state index contributed by atoms with van der Waals surface area (Å²) in [6.45, 7) is 6.78. The maximum absolute atomic E-state index is 11.4. The first-order valence-corrected chi connectivity index (χ1v) is 5.80. The number of amides is 1. The zero-order chi connectivity index (χ0) is 11.7. The van der Waals surface area contributed by atoms with Gasteiger partial charge in [-0.05, 0) is 20.0 Å². The molecule has 0 saturated carbocycles. The van der Waals surface area contributed by atoms with Crippen molar-refractivity contribution in [1.82, 2.24) is 10.2 Å². The number of hydrogen-bond acceptors (Lipinski definition) is 3. The van der Waals surface area contributed by atoms with Gasteiger partial charge in [-0.3, -0.25) is 4.79 Å². The summed E-state index contributed by atoms with van der Waals surface area (Å²) in [5.41, 5.74) is 5.77. The molecule has 0 aliphatic heterocycles. The fourth-order valence-electron chi connectivity index (χ4n) is 1.33. The van der Waals surface area contributed by atoms with E-state index in [4.69, 9.17) is 5.73 Å². The molecule has 0 bridgehead atoms. The number of rotatable bonds is 8. The smallest absolute Gasteiger partial charge is 0.221 e. The average molecular weight is 215 g/mol. The van der Waals surface area contributed by atoms with E-state index in [0.717, 1.165) is 25.9 Å². The van der Waals surface area contributed by atoms with Crippen molar-refractivity contribution in [3.8, 4) is 0 Å².